The van der Waals surface area contributed by atoms with Gasteiger partial charge < -0.3 is 0 Å². The molecule has 0 saturated heterocycles. The van der Waals surface area contributed by atoms with E-state index >= 15 is 0 Å². The zero-order valence-electron chi connectivity index (χ0n) is 7.11. The first-order valence-corrected chi connectivity index (χ1v) is 5.15. The van der Waals surface area contributed by atoms with Gasteiger partial charge in [0.1, 0.15) is 5.15 Å². The normalized spacial score (nSPS) is 10.1. The zero-order chi connectivity index (χ0) is 9.97. The summed E-state index contributed by atoms with van der Waals surface area (Å²) in [5.41, 5.74) is 2.02. The van der Waals surface area contributed by atoms with Gasteiger partial charge in [0.2, 0.25) is 0 Å². The van der Waals surface area contributed by atoms with E-state index in [1.807, 2.05) is 12.1 Å². The van der Waals surface area contributed by atoms with E-state index in [1.165, 1.54) is 0 Å². The minimum Gasteiger partial charge on any atom is -0.263 e. The van der Waals surface area contributed by atoms with Gasteiger partial charge in [-0.2, -0.15) is 0 Å². The summed E-state index contributed by atoms with van der Waals surface area (Å²) in [6.45, 7) is 0. The first kappa shape index (κ1) is 9.62. The van der Waals surface area contributed by atoms with Gasteiger partial charge in [0.05, 0.1) is 0 Å². The fraction of sp³-hybridized carbons (Fsp3) is 0. The number of nitrogens with zero attached hydrogens (tertiary/aromatic N) is 2. The predicted octanol–water partition coefficient (Wildman–Crippen LogP) is 3.56. The van der Waals surface area contributed by atoms with Crippen LogP contribution in [0.3, 0.4) is 0 Å². The van der Waals surface area contributed by atoms with Gasteiger partial charge in [0.15, 0.2) is 0 Å². The molecule has 0 N–H and O–H groups in total. The minimum absolute atomic E-state index is 0.497. The second kappa shape index (κ2) is 4.07. The van der Waals surface area contributed by atoms with Crippen LogP contribution in [0.1, 0.15) is 0 Å². The molecule has 0 amide bonds. The topological polar surface area (TPSA) is 25.8 Å². The van der Waals surface area contributed by atoms with Crippen LogP contribution in [0.2, 0.25) is 5.15 Å². The molecule has 0 aliphatic rings. The van der Waals surface area contributed by atoms with Gasteiger partial charge >= 0.3 is 0 Å². The molecule has 0 atom stereocenters. The molecule has 2 rings (SSSR count). The van der Waals surface area contributed by atoms with E-state index < -0.39 is 0 Å². The third kappa shape index (κ3) is 2.11. The van der Waals surface area contributed by atoms with Gasteiger partial charge in [0.25, 0.3) is 0 Å². The maximum Gasteiger partial charge on any atom is 0.129 e. The van der Waals surface area contributed by atoms with Gasteiger partial charge in [-0.05, 0) is 34.1 Å². The van der Waals surface area contributed by atoms with Crippen LogP contribution in [0.5, 0.6) is 0 Å². The highest BCUT2D eigenvalue weighted by molar-refractivity contribution is 9.10. The Kier molecular flexibility index (Phi) is 2.79. The Morgan fingerprint density at radius 1 is 1.07 bits per heavy atom. The number of pyridine rings is 2. The molecular formula is C10H6BrClN2. The Labute approximate surface area is 95.1 Å². The Morgan fingerprint density at radius 3 is 2.57 bits per heavy atom. The predicted molar refractivity (Wildman–Crippen MR) is 60.2 cm³/mol. The van der Waals surface area contributed by atoms with Gasteiger partial charge in [-0.25, -0.2) is 4.98 Å². The van der Waals surface area contributed by atoms with E-state index in [1.54, 1.807) is 24.7 Å². The molecule has 0 spiro atoms. The van der Waals surface area contributed by atoms with Gasteiger partial charge in [-0.15, -0.1) is 0 Å². The number of halogens is 2. The lowest BCUT2D eigenvalue weighted by Crippen LogP contribution is -1.82. The second-order valence-electron chi connectivity index (χ2n) is 2.76. The molecule has 0 aromatic carbocycles. The fourth-order valence-electron chi connectivity index (χ4n) is 1.12. The highest BCUT2D eigenvalue weighted by Crippen LogP contribution is 2.21. The first-order valence-electron chi connectivity index (χ1n) is 3.98. The van der Waals surface area contributed by atoms with Gasteiger partial charge in [0, 0.05) is 34.2 Å². The van der Waals surface area contributed by atoms with E-state index in [2.05, 4.69) is 25.9 Å². The number of hydrogen-bond acceptors (Lipinski definition) is 2. The third-order valence-corrected chi connectivity index (χ3v) is 2.42. The summed E-state index contributed by atoms with van der Waals surface area (Å²) in [5.74, 6) is 0. The molecule has 0 unspecified atom stereocenters. The number of hydrogen-bond donors (Lipinski definition) is 0. The van der Waals surface area contributed by atoms with Crippen LogP contribution >= 0.6 is 27.5 Å². The average molecular weight is 270 g/mol. The summed E-state index contributed by atoms with van der Waals surface area (Å²) in [5, 5.41) is 0.497. The van der Waals surface area contributed by atoms with Gasteiger partial charge in [-0.1, -0.05) is 11.6 Å². The third-order valence-electron chi connectivity index (χ3n) is 1.77. The molecule has 2 nitrogen and oxygen atoms in total. The van der Waals surface area contributed by atoms with Crippen LogP contribution in [0, 0.1) is 0 Å². The Morgan fingerprint density at radius 2 is 1.93 bits per heavy atom. The zero-order valence-corrected chi connectivity index (χ0v) is 9.46. The average Bonchev–Trinajstić information content (AvgIpc) is 2.19. The Hall–Kier alpha value is -0.930. The summed E-state index contributed by atoms with van der Waals surface area (Å²) in [6, 6.07) is 5.66. The minimum atomic E-state index is 0.497. The SMILES string of the molecule is Clc1ccc(-c2cncc(Br)c2)cn1. The lowest BCUT2D eigenvalue weighted by Gasteiger charge is -2.00. The van der Waals surface area contributed by atoms with Crippen LogP contribution < -0.4 is 0 Å². The smallest absolute Gasteiger partial charge is 0.129 e. The molecule has 0 bridgehead atoms. The largest absolute Gasteiger partial charge is 0.263 e. The summed E-state index contributed by atoms with van der Waals surface area (Å²) < 4.78 is 0.949. The van der Waals surface area contributed by atoms with E-state index in [0.717, 1.165) is 15.6 Å². The Bertz CT molecular complexity index is 442. The fourth-order valence-corrected chi connectivity index (χ4v) is 1.59. The lowest BCUT2D eigenvalue weighted by molar-refractivity contribution is 1.29. The van der Waals surface area contributed by atoms with Crippen molar-refractivity contribution in [3.05, 3.63) is 46.4 Å². The quantitative estimate of drug-likeness (QED) is 0.740. The summed E-state index contributed by atoms with van der Waals surface area (Å²) in [6.07, 6.45) is 5.26. The summed E-state index contributed by atoms with van der Waals surface area (Å²) in [4.78, 5) is 8.08. The lowest BCUT2D eigenvalue weighted by atomic mass is 10.1. The standard InChI is InChI=1S/C10H6BrClN2/c11-9-3-8(4-13-6-9)7-1-2-10(12)14-5-7/h1-6H. The maximum absolute atomic E-state index is 5.69. The van der Waals surface area contributed by atoms with E-state index in [-0.39, 0.29) is 0 Å². The molecule has 0 aliphatic carbocycles. The molecule has 0 radical (unpaired) electrons. The highest BCUT2D eigenvalue weighted by Gasteiger charge is 1.99. The molecule has 0 aliphatic heterocycles. The van der Waals surface area contributed by atoms with Gasteiger partial charge in [-0.3, -0.25) is 4.98 Å². The second-order valence-corrected chi connectivity index (χ2v) is 4.06. The van der Waals surface area contributed by atoms with E-state index in [0.29, 0.717) is 5.15 Å². The van der Waals surface area contributed by atoms with Crippen LogP contribution in [0.15, 0.2) is 41.3 Å². The molecule has 2 aromatic rings. The molecule has 2 aromatic heterocycles. The van der Waals surface area contributed by atoms with Crippen LogP contribution in [-0.2, 0) is 0 Å². The van der Waals surface area contributed by atoms with Crippen molar-refractivity contribution in [3.63, 3.8) is 0 Å². The number of rotatable bonds is 1. The highest BCUT2D eigenvalue weighted by atomic mass is 79.9. The summed E-state index contributed by atoms with van der Waals surface area (Å²) in [7, 11) is 0. The monoisotopic (exact) mass is 268 g/mol. The van der Waals surface area contributed by atoms with Crippen molar-refractivity contribution in [2.24, 2.45) is 0 Å². The molecular weight excluding hydrogens is 263 g/mol. The molecule has 70 valence electrons. The van der Waals surface area contributed by atoms with Crippen molar-refractivity contribution in [3.8, 4) is 11.1 Å². The van der Waals surface area contributed by atoms with Crippen molar-refractivity contribution in [1.82, 2.24) is 9.97 Å². The van der Waals surface area contributed by atoms with Crippen molar-refractivity contribution in [2.75, 3.05) is 0 Å². The Balaban J connectivity index is 2.44. The first-order chi connectivity index (χ1) is 6.75. The van der Waals surface area contributed by atoms with Crippen LogP contribution in [0.25, 0.3) is 11.1 Å². The molecule has 0 saturated carbocycles. The number of aromatic nitrogens is 2. The van der Waals surface area contributed by atoms with E-state index in [9.17, 15) is 0 Å². The van der Waals surface area contributed by atoms with Crippen molar-refractivity contribution >= 4 is 27.5 Å². The van der Waals surface area contributed by atoms with Crippen molar-refractivity contribution < 1.29 is 0 Å². The molecule has 4 heteroatoms. The van der Waals surface area contributed by atoms with Crippen molar-refractivity contribution in [2.45, 2.75) is 0 Å². The van der Waals surface area contributed by atoms with E-state index in [4.69, 9.17) is 11.6 Å². The summed E-state index contributed by atoms with van der Waals surface area (Å²) >= 11 is 9.06. The van der Waals surface area contributed by atoms with Crippen LogP contribution in [-0.4, -0.2) is 9.97 Å². The molecule has 14 heavy (non-hydrogen) atoms. The molecule has 0 fully saturated rings. The maximum atomic E-state index is 5.69. The van der Waals surface area contributed by atoms with Crippen molar-refractivity contribution in [1.29, 1.82) is 0 Å². The molecule has 2 heterocycles. The van der Waals surface area contributed by atoms with Crippen LogP contribution in [0.4, 0.5) is 0 Å².